The molecule has 2 heteroatoms. The number of halogens is 2. The van der Waals surface area contributed by atoms with Crippen molar-refractivity contribution in [2.24, 2.45) is 0 Å². The minimum atomic E-state index is 0.214. The molecule has 0 fully saturated rings. The van der Waals surface area contributed by atoms with Crippen molar-refractivity contribution in [2.45, 2.75) is 9.65 Å². The third-order valence-corrected chi connectivity index (χ3v) is 7.23. The van der Waals surface area contributed by atoms with Gasteiger partial charge in [-0.1, -0.05) is 153 Å². The number of rotatable bonds is 6. The third-order valence-electron chi connectivity index (χ3n) is 5.11. The van der Waals surface area contributed by atoms with Crippen LogP contribution < -0.4 is 0 Å². The summed E-state index contributed by atoms with van der Waals surface area (Å²) in [5.74, 6) is 0. The first-order valence-corrected chi connectivity index (χ1v) is 11.8. The van der Waals surface area contributed by atoms with Gasteiger partial charge in [0.1, 0.15) is 0 Å². The summed E-state index contributed by atoms with van der Waals surface area (Å²) < 4.78 is 0. The van der Waals surface area contributed by atoms with Gasteiger partial charge in [-0.3, -0.25) is 0 Å². The SMILES string of the molecule is BrC(c1ccccc1)c1ccc(/C=C/c2ccc(C(Br)c3ccccc3)cc2)cc1. The van der Waals surface area contributed by atoms with Crippen molar-refractivity contribution in [3.05, 3.63) is 143 Å². The van der Waals surface area contributed by atoms with Gasteiger partial charge in [-0.25, -0.2) is 0 Å². The van der Waals surface area contributed by atoms with Crippen LogP contribution >= 0.6 is 31.9 Å². The second-order valence-corrected chi connectivity index (χ2v) is 9.04. The first kappa shape index (κ1) is 20.8. The molecule has 0 amide bonds. The molecule has 4 aromatic rings. The average molecular weight is 518 g/mol. The van der Waals surface area contributed by atoms with Crippen LogP contribution in [0.25, 0.3) is 12.2 Å². The summed E-state index contributed by atoms with van der Waals surface area (Å²) in [7, 11) is 0. The molecule has 0 spiro atoms. The van der Waals surface area contributed by atoms with Gasteiger partial charge in [-0.05, 0) is 33.4 Å². The molecule has 0 radical (unpaired) electrons. The molecule has 0 aliphatic rings. The van der Waals surface area contributed by atoms with Crippen molar-refractivity contribution in [3.63, 3.8) is 0 Å². The van der Waals surface area contributed by atoms with Crippen molar-refractivity contribution >= 4 is 44.0 Å². The molecule has 0 heterocycles. The van der Waals surface area contributed by atoms with E-state index in [0.29, 0.717) is 0 Å². The largest absolute Gasteiger partial charge is 0.0786 e. The van der Waals surface area contributed by atoms with E-state index < -0.39 is 0 Å². The van der Waals surface area contributed by atoms with Gasteiger partial charge in [-0.2, -0.15) is 0 Å². The molecular formula is C28H22Br2. The Hall–Kier alpha value is -2.42. The Balaban J connectivity index is 1.42. The van der Waals surface area contributed by atoms with Crippen LogP contribution in [0.5, 0.6) is 0 Å². The fraction of sp³-hybridized carbons (Fsp3) is 0.0714. The Bertz CT molecular complexity index is 992. The average Bonchev–Trinajstić information content (AvgIpc) is 2.83. The van der Waals surface area contributed by atoms with Crippen LogP contribution in [0.4, 0.5) is 0 Å². The molecule has 0 aliphatic carbocycles. The maximum Gasteiger partial charge on any atom is 0.0644 e. The third kappa shape index (κ3) is 5.19. The van der Waals surface area contributed by atoms with Crippen molar-refractivity contribution in [3.8, 4) is 0 Å². The Kier molecular flexibility index (Phi) is 6.99. The molecule has 148 valence electrons. The number of hydrogen-bond acceptors (Lipinski definition) is 0. The molecule has 0 N–H and O–H groups in total. The van der Waals surface area contributed by atoms with Gasteiger partial charge in [0.25, 0.3) is 0 Å². The van der Waals surface area contributed by atoms with Gasteiger partial charge in [0.05, 0.1) is 9.65 Å². The summed E-state index contributed by atoms with van der Waals surface area (Å²) in [6, 6.07) is 38.4. The zero-order chi connectivity index (χ0) is 20.8. The lowest BCUT2D eigenvalue weighted by atomic mass is 10.0. The van der Waals surface area contributed by atoms with Gasteiger partial charge in [0.15, 0.2) is 0 Å². The molecule has 4 rings (SSSR count). The van der Waals surface area contributed by atoms with E-state index in [4.69, 9.17) is 0 Å². The standard InChI is InChI=1S/C28H22Br2/c29-27(23-7-3-1-4-8-23)25-17-13-21(14-18-25)11-12-22-15-19-26(20-16-22)28(30)24-9-5-2-6-10-24/h1-20,27-28H/b12-11+. The molecule has 4 aromatic carbocycles. The summed E-state index contributed by atoms with van der Waals surface area (Å²) in [5, 5.41) is 0. The second-order valence-electron chi connectivity index (χ2n) is 7.21. The van der Waals surface area contributed by atoms with Gasteiger partial charge in [0, 0.05) is 0 Å². The van der Waals surface area contributed by atoms with Gasteiger partial charge < -0.3 is 0 Å². The van der Waals surface area contributed by atoms with Crippen LogP contribution in [0.1, 0.15) is 43.0 Å². The number of benzene rings is 4. The molecule has 0 nitrogen and oxygen atoms in total. The minimum absolute atomic E-state index is 0.214. The van der Waals surface area contributed by atoms with E-state index in [0.717, 1.165) is 0 Å². The molecule has 2 atom stereocenters. The summed E-state index contributed by atoms with van der Waals surface area (Å²) in [6.07, 6.45) is 4.32. The van der Waals surface area contributed by atoms with E-state index >= 15 is 0 Å². The maximum atomic E-state index is 3.81. The Morgan fingerprint density at radius 2 is 0.700 bits per heavy atom. The van der Waals surface area contributed by atoms with Crippen molar-refractivity contribution in [2.75, 3.05) is 0 Å². The quantitative estimate of drug-likeness (QED) is 0.177. The van der Waals surface area contributed by atoms with Crippen molar-refractivity contribution in [1.29, 1.82) is 0 Å². The van der Waals surface area contributed by atoms with Gasteiger partial charge >= 0.3 is 0 Å². The van der Waals surface area contributed by atoms with Crippen LogP contribution in [0, 0.1) is 0 Å². The number of hydrogen-bond donors (Lipinski definition) is 0. The van der Waals surface area contributed by atoms with E-state index in [-0.39, 0.29) is 9.65 Å². The van der Waals surface area contributed by atoms with Crippen LogP contribution in [0.3, 0.4) is 0 Å². The summed E-state index contributed by atoms with van der Waals surface area (Å²) in [5.41, 5.74) is 7.43. The first-order chi connectivity index (χ1) is 14.7. The lowest BCUT2D eigenvalue weighted by Gasteiger charge is -2.11. The second kappa shape index (κ2) is 10.1. The van der Waals surface area contributed by atoms with E-state index in [1.165, 1.54) is 33.4 Å². The Morgan fingerprint density at radius 1 is 0.400 bits per heavy atom. The predicted octanol–water partition coefficient (Wildman–Crippen LogP) is 8.83. The van der Waals surface area contributed by atoms with Crippen LogP contribution in [-0.2, 0) is 0 Å². The topological polar surface area (TPSA) is 0 Å². The molecule has 0 bridgehead atoms. The highest BCUT2D eigenvalue weighted by Gasteiger charge is 2.10. The summed E-state index contributed by atoms with van der Waals surface area (Å²) in [4.78, 5) is 0.428. The Morgan fingerprint density at radius 3 is 1.03 bits per heavy atom. The highest BCUT2D eigenvalue weighted by Crippen LogP contribution is 2.32. The predicted molar refractivity (Wildman–Crippen MR) is 136 cm³/mol. The lowest BCUT2D eigenvalue weighted by Crippen LogP contribution is -1.92. The summed E-state index contributed by atoms with van der Waals surface area (Å²) >= 11 is 7.62. The molecule has 0 aromatic heterocycles. The van der Waals surface area contributed by atoms with Gasteiger partial charge in [0.2, 0.25) is 0 Å². The molecule has 0 saturated heterocycles. The van der Waals surface area contributed by atoms with Crippen LogP contribution in [0.2, 0.25) is 0 Å². The van der Waals surface area contributed by atoms with Crippen LogP contribution in [-0.4, -0.2) is 0 Å². The smallest absolute Gasteiger partial charge is 0.0644 e. The lowest BCUT2D eigenvalue weighted by molar-refractivity contribution is 1.18. The van der Waals surface area contributed by atoms with E-state index in [9.17, 15) is 0 Å². The molecule has 30 heavy (non-hydrogen) atoms. The minimum Gasteiger partial charge on any atom is -0.0786 e. The van der Waals surface area contributed by atoms with E-state index in [2.05, 4.69) is 141 Å². The van der Waals surface area contributed by atoms with E-state index in [1.54, 1.807) is 0 Å². The monoisotopic (exact) mass is 516 g/mol. The highest BCUT2D eigenvalue weighted by atomic mass is 79.9. The first-order valence-electron chi connectivity index (χ1n) is 9.97. The molecule has 0 saturated carbocycles. The van der Waals surface area contributed by atoms with Gasteiger partial charge in [-0.15, -0.1) is 0 Å². The fourth-order valence-electron chi connectivity index (χ4n) is 3.37. The van der Waals surface area contributed by atoms with E-state index in [1.807, 2.05) is 12.1 Å². The summed E-state index contributed by atoms with van der Waals surface area (Å²) in [6.45, 7) is 0. The number of alkyl halides is 2. The molecule has 2 unspecified atom stereocenters. The fourth-order valence-corrected chi connectivity index (χ4v) is 4.59. The molecule has 0 aliphatic heterocycles. The normalized spacial score (nSPS) is 13.3. The van der Waals surface area contributed by atoms with Crippen LogP contribution in [0.15, 0.2) is 109 Å². The Labute approximate surface area is 195 Å². The zero-order valence-corrected chi connectivity index (χ0v) is 19.6. The molecular weight excluding hydrogens is 496 g/mol. The maximum absolute atomic E-state index is 3.81. The van der Waals surface area contributed by atoms with Crippen molar-refractivity contribution < 1.29 is 0 Å². The highest BCUT2D eigenvalue weighted by molar-refractivity contribution is 9.09. The zero-order valence-electron chi connectivity index (χ0n) is 16.5. The van der Waals surface area contributed by atoms with Crippen molar-refractivity contribution in [1.82, 2.24) is 0 Å².